The first kappa shape index (κ1) is 13.5. The van der Waals surface area contributed by atoms with Crippen molar-refractivity contribution in [1.82, 2.24) is 0 Å². The van der Waals surface area contributed by atoms with Crippen LogP contribution in [0.5, 0.6) is 0 Å². The molecule has 1 heterocycles. The normalized spacial score (nSPS) is 13.8. The summed E-state index contributed by atoms with van der Waals surface area (Å²) in [5.74, 6) is -0.402. The molecule has 2 aromatic rings. The van der Waals surface area contributed by atoms with Gasteiger partial charge < -0.3 is 9.45 Å². The summed E-state index contributed by atoms with van der Waals surface area (Å²) in [5.41, 5.74) is 1.89. The van der Waals surface area contributed by atoms with Crippen molar-refractivity contribution in [3.63, 3.8) is 0 Å². The first-order chi connectivity index (χ1) is 9.54. The smallest absolute Gasteiger partial charge is 0.0963 e. The van der Waals surface area contributed by atoms with Crippen molar-refractivity contribution < 1.29 is 13.0 Å². The van der Waals surface area contributed by atoms with Crippen molar-refractivity contribution in [2.75, 3.05) is 17.2 Å². The van der Waals surface area contributed by atoms with Crippen LogP contribution in [0.2, 0.25) is 0 Å². The van der Waals surface area contributed by atoms with Crippen LogP contribution in [0.3, 0.4) is 0 Å². The van der Waals surface area contributed by atoms with Crippen molar-refractivity contribution in [2.45, 2.75) is 9.79 Å². The number of fused-ring (bicyclic) bond motifs is 2. The van der Waals surface area contributed by atoms with E-state index in [0.717, 1.165) is 21.2 Å². The monoisotopic (exact) mass is 306 g/mol. The molecular formula is C14H12NO3S2-. The first-order valence-electron chi connectivity index (χ1n) is 6.12. The Kier molecular flexibility index (Phi) is 3.45. The minimum Gasteiger partial charge on any atom is -0.748 e. The largest absolute Gasteiger partial charge is 0.748 e. The van der Waals surface area contributed by atoms with Gasteiger partial charge in [0.2, 0.25) is 0 Å². The zero-order valence-electron chi connectivity index (χ0n) is 10.5. The van der Waals surface area contributed by atoms with Gasteiger partial charge in [-0.1, -0.05) is 36.0 Å². The highest BCUT2D eigenvalue weighted by Gasteiger charge is 2.22. The van der Waals surface area contributed by atoms with Gasteiger partial charge in [0.25, 0.3) is 0 Å². The van der Waals surface area contributed by atoms with Crippen LogP contribution < -0.4 is 4.90 Å². The summed E-state index contributed by atoms with van der Waals surface area (Å²) in [6.45, 7) is 0.167. The van der Waals surface area contributed by atoms with Crippen LogP contribution in [0.15, 0.2) is 58.3 Å². The average Bonchev–Trinajstić information content (AvgIpc) is 2.42. The number of benzene rings is 2. The number of hydrogen-bond acceptors (Lipinski definition) is 5. The van der Waals surface area contributed by atoms with Gasteiger partial charge in [-0.25, -0.2) is 8.42 Å². The zero-order chi connectivity index (χ0) is 14.2. The molecule has 0 saturated heterocycles. The van der Waals surface area contributed by atoms with Gasteiger partial charge in [-0.15, -0.1) is 0 Å². The third-order valence-electron chi connectivity index (χ3n) is 3.10. The number of rotatable bonds is 3. The van der Waals surface area contributed by atoms with E-state index in [1.54, 1.807) is 11.8 Å². The summed E-state index contributed by atoms with van der Waals surface area (Å²) in [6, 6.07) is 15.6. The Morgan fingerprint density at radius 1 is 0.950 bits per heavy atom. The number of para-hydroxylation sites is 2. The van der Waals surface area contributed by atoms with Gasteiger partial charge in [0, 0.05) is 16.3 Å². The summed E-state index contributed by atoms with van der Waals surface area (Å²) in [6.07, 6.45) is 0. The third kappa shape index (κ3) is 2.67. The van der Waals surface area contributed by atoms with E-state index in [1.807, 2.05) is 53.4 Å². The van der Waals surface area contributed by atoms with Crippen molar-refractivity contribution in [3.8, 4) is 0 Å². The van der Waals surface area contributed by atoms with E-state index < -0.39 is 15.9 Å². The molecule has 0 radical (unpaired) electrons. The van der Waals surface area contributed by atoms with Gasteiger partial charge in [-0.2, -0.15) is 0 Å². The van der Waals surface area contributed by atoms with Gasteiger partial charge in [0.1, 0.15) is 0 Å². The molecule has 4 nitrogen and oxygen atoms in total. The fourth-order valence-corrected chi connectivity index (χ4v) is 3.73. The Bertz CT molecular complexity index is 698. The SMILES string of the molecule is O=S(=O)([O-])CCN1c2ccccc2Sc2ccccc21. The number of hydrogen-bond donors (Lipinski definition) is 0. The van der Waals surface area contributed by atoms with Gasteiger partial charge in [-0.3, -0.25) is 0 Å². The molecule has 0 spiro atoms. The molecule has 0 bridgehead atoms. The highest BCUT2D eigenvalue weighted by atomic mass is 32.2. The summed E-state index contributed by atoms with van der Waals surface area (Å²) >= 11 is 1.65. The van der Waals surface area contributed by atoms with Crippen LogP contribution in [0.4, 0.5) is 11.4 Å². The Morgan fingerprint density at radius 3 is 1.95 bits per heavy atom. The molecule has 1 aliphatic heterocycles. The Morgan fingerprint density at radius 2 is 1.45 bits per heavy atom. The molecule has 3 rings (SSSR count). The lowest BCUT2D eigenvalue weighted by Gasteiger charge is -2.32. The number of anilines is 2. The molecule has 20 heavy (non-hydrogen) atoms. The average molecular weight is 306 g/mol. The maximum Gasteiger partial charge on any atom is 0.0963 e. The minimum atomic E-state index is -4.23. The van der Waals surface area contributed by atoms with Gasteiger partial charge in [0.15, 0.2) is 0 Å². The summed E-state index contributed by atoms with van der Waals surface area (Å²) in [5, 5.41) is 0. The fourth-order valence-electron chi connectivity index (χ4n) is 2.23. The zero-order valence-corrected chi connectivity index (χ0v) is 12.2. The Balaban J connectivity index is 2.03. The topological polar surface area (TPSA) is 60.4 Å². The van der Waals surface area contributed by atoms with Crippen molar-refractivity contribution in [2.24, 2.45) is 0 Å². The van der Waals surface area contributed by atoms with Gasteiger partial charge in [0.05, 0.1) is 27.2 Å². The lowest BCUT2D eigenvalue weighted by Crippen LogP contribution is -2.27. The van der Waals surface area contributed by atoms with Crippen LogP contribution in [-0.4, -0.2) is 25.3 Å². The minimum absolute atomic E-state index is 0.167. The molecule has 6 heteroatoms. The molecule has 104 valence electrons. The summed E-state index contributed by atoms with van der Waals surface area (Å²) in [7, 11) is -4.23. The van der Waals surface area contributed by atoms with E-state index in [0.29, 0.717) is 0 Å². The van der Waals surface area contributed by atoms with Crippen LogP contribution in [0.25, 0.3) is 0 Å². The highest BCUT2D eigenvalue weighted by Crippen LogP contribution is 2.47. The lowest BCUT2D eigenvalue weighted by atomic mass is 10.2. The molecule has 0 saturated carbocycles. The molecule has 0 amide bonds. The van der Waals surface area contributed by atoms with Gasteiger partial charge in [-0.05, 0) is 24.3 Å². The van der Waals surface area contributed by atoms with E-state index in [2.05, 4.69) is 0 Å². The van der Waals surface area contributed by atoms with Gasteiger partial charge >= 0.3 is 0 Å². The van der Waals surface area contributed by atoms with E-state index in [9.17, 15) is 13.0 Å². The summed E-state index contributed by atoms with van der Waals surface area (Å²) in [4.78, 5) is 4.03. The van der Waals surface area contributed by atoms with E-state index in [4.69, 9.17) is 0 Å². The van der Waals surface area contributed by atoms with Crippen LogP contribution >= 0.6 is 11.8 Å². The molecule has 0 unspecified atom stereocenters. The van der Waals surface area contributed by atoms with E-state index in [-0.39, 0.29) is 6.54 Å². The predicted octanol–water partition coefficient (Wildman–Crippen LogP) is 2.83. The lowest BCUT2D eigenvalue weighted by molar-refractivity contribution is 0.463. The van der Waals surface area contributed by atoms with E-state index >= 15 is 0 Å². The van der Waals surface area contributed by atoms with Crippen molar-refractivity contribution >= 4 is 33.3 Å². The predicted molar refractivity (Wildman–Crippen MR) is 78.6 cm³/mol. The highest BCUT2D eigenvalue weighted by molar-refractivity contribution is 7.99. The van der Waals surface area contributed by atoms with Crippen LogP contribution in [0, 0.1) is 0 Å². The van der Waals surface area contributed by atoms with Crippen molar-refractivity contribution in [3.05, 3.63) is 48.5 Å². The quantitative estimate of drug-likeness (QED) is 0.816. The molecule has 0 aliphatic carbocycles. The molecule has 0 atom stereocenters. The van der Waals surface area contributed by atoms with Crippen molar-refractivity contribution in [1.29, 1.82) is 0 Å². The van der Waals surface area contributed by atoms with E-state index in [1.165, 1.54) is 0 Å². The molecule has 2 aromatic carbocycles. The van der Waals surface area contributed by atoms with Crippen LogP contribution in [-0.2, 0) is 10.1 Å². The summed E-state index contributed by atoms with van der Waals surface area (Å²) < 4.78 is 32.7. The Hall–Kier alpha value is -1.50. The first-order valence-corrected chi connectivity index (χ1v) is 8.51. The fraction of sp³-hybridized carbons (Fsp3) is 0.143. The van der Waals surface area contributed by atoms with Crippen LogP contribution in [0.1, 0.15) is 0 Å². The molecule has 0 aromatic heterocycles. The standard InChI is InChI=1S/C14H13NO3S2/c16-20(17,18)10-9-15-11-5-1-3-7-13(11)19-14-8-4-2-6-12(14)15/h1-8H,9-10H2,(H,16,17,18)/p-1. The number of nitrogens with zero attached hydrogens (tertiary/aromatic N) is 1. The molecule has 0 fully saturated rings. The maximum absolute atomic E-state index is 10.9. The second kappa shape index (κ2) is 5.12. The second-order valence-corrected chi connectivity index (χ2v) is 7.06. The third-order valence-corrected chi connectivity index (χ3v) is 4.91. The molecule has 0 N–H and O–H groups in total. The molecule has 1 aliphatic rings. The maximum atomic E-state index is 10.9. The second-order valence-electron chi connectivity index (χ2n) is 4.45. The Labute approximate surface area is 122 Å². The molecular weight excluding hydrogens is 294 g/mol.